The van der Waals surface area contributed by atoms with Crippen LogP contribution in [0.4, 0.5) is 4.79 Å². The highest BCUT2D eigenvalue weighted by atomic mass is 17.2. The fourth-order valence-corrected chi connectivity index (χ4v) is 1.94. The number of fused-ring (bicyclic) bond motifs is 1. The number of hydrogen-bond acceptors (Lipinski definition) is 5. The quantitative estimate of drug-likeness (QED) is 0.499. The van der Waals surface area contributed by atoms with Gasteiger partial charge in [0, 0.05) is 0 Å². The van der Waals surface area contributed by atoms with Gasteiger partial charge in [-0.15, -0.1) is 0 Å². The maximum Gasteiger partial charge on any atom is 0.434 e. The molecule has 0 bridgehead atoms. The molecule has 0 N–H and O–H groups in total. The van der Waals surface area contributed by atoms with E-state index in [0.717, 1.165) is 18.4 Å². The molecule has 1 amide bonds. The zero-order valence-electron chi connectivity index (χ0n) is 11.7. The van der Waals surface area contributed by atoms with Crippen molar-refractivity contribution >= 4 is 6.09 Å². The molecule has 2 heterocycles. The topological polar surface area (TPSA) is 57.2 Å². The standard InChI is InChI=1S/C13H21NO5/c1-13(2,3)18-12(15)14-7-4-5-11-10(9-16-14)6-8-17-19-11/h6,11H,4-5,7-9H2,1-3H3. The first-order chi connectivity index (χ1) is 8.96. The fourth-order valence-electron chi connectivity index (χ4n) is 1.94. The van der Waals surface area contributed by atoms with E-state index in [-0.39, 0.29) is 6.10 Å². The Morgan fingerprint density at radius 3 is 3.00 bits per heavy atom. The van der Waals surface area contributed by atoms with Gasteiger partial charge in [-0.05, 0) is 39.2 Å². The highest BCUT2D eigenvalue weighted by Gasteiger charge is 2.28. The van der Waals surface area contributed by atoms with Crippen LogP contribution in [-0.2, 0) is 19.3 Å². The van der Waals surface area contributed by atoms with Crippen LogP contribution in [0.5, 0.6) is 0 Å². The molecule has 0 aromatic heterocycles. The Morgan fingerprint density at radius 1 is 1.47 bits per heavy atom. The van der Waals surface area contributed by atoms with E-state index in [1.165, 1.54) is 5.06 Å². The van der Waals surface area contributed by atoms with Crippen LogP contribution >= 0.6 is 0 Å². The van der Waals surface area contributed by atoms with Crippen LogP contribution in [0.15, 0.2) is 11.6 Å². The molecule has 2 rings (SSSR count). The minimum absolute atomic E-state index is 0.0606. The van der Waals surface area contributed by atoms with Crippen LogP contribution in [0.2, 0.25) is 0 Å². The molecule has 2 aliphatic rings. The van der Waals surface area contributed by atoms with Gasteiger partial charge in [-0.25, -0.2) is 14.6 Å². The molecule has 1 saturated heterocycles. The molecule has 1 atom stereocenters. The first kappa shape index (κ1) is 14.3. The summed E-state index contributed by atoms with van der Waals surface area (Å²) >= 11 is 0. The lowest BCUT2D eigenvalue weighted by Gasteiger charge is -2.31. The maximum absolute atomic E-state index is 11.9. The van der Waals surface area contributed by atoms with Gasteiger partial charge in [-0.2, -0.15) is 5.06 Å². The van der Waals surface area contributed by atoms with E-state index in [9.17, 15) is 4.79 Å². The lowest BCUT2D eigenvalue weighted by Crippen LogP contribution is -2.40. The van der Waals surface area contributed by atoms with Crippen molar-refractivity contribution in [3.63, 3.8) is 0 Å². The SMILES string of the molecule is CC(C)(C)OC(=O)N1CCCC2OOCC=C2CO1. The van der Waals surface area contributed by atoms with Gasteiger partial charge < -0.3 is 4.74 Å². The molecule has 1 fully saturated rings. The van der Waals surface area contributed by atoms with Crippen molar-refractivity contribution in [1.82, 2.24) is 5.06 Å². The zero-order valence-corrected chi connectivity index (χ0v) is 11.7. The Labute approximate surface area is 113 Å². The van der Waals surface area contributed by atoms with E-state index in [2.05, 4.69) is 0 Å². The first-order valence-corrected chi connectivity index (χ1v) is 6.56. The Balaban J connectivity index is 1.94. The zero-order chi connectivity index (χ0) is 13.9. The number of carbonyl (C=O) groups excluding carboxylic acids is 1. The molecule has 0 saturated carbocycles. The van der Waals surface area contributed by atoms with E-state index in [4.69, 9.17) is 19.3 Å². The van der Waals surface area contributed by atoms with Crippen molar-refractivity contribution in [2.45, 2.75) is 45.3 Å². The summed E-state index contributed by atoms with van der Waals surface area (Å²) in [4.78, 5) is 27.6. The molecule has 6 nitrogen and oxygen atoms in total. The normalized spacial score (nSPS) is 24.9. The van der Waals surface area contributed by atoms with Crippen LogP contribution in [0.1, 0.15) is 33.6 Å². The van der Waals surface area contributed by atoms with Crippen molar-refractivity contribution in [3.05, 3.63) is 11.6 Å². The molecule has 0 radical (unpaired) electrons. The molecule has 0 aromatic carbocycles. The predicted octanol–water partition coefficient (Wildman–Crippen LogP) is 2.21. The third-order valence-corrected chi connectivity index (χ3v) is 2.82. The van der Waals surface area contributed by atoms with Crippen LogP contribution in [0.3, 0.4) is 0 Å². The summed E-state index contributed by atoms with van der Waals surface area (Å²) in [5.41, 5.74) is 0.492. The van der Waals surface area contributed by atoms with E-state index in [0.29, 0.717) is 19.8 Å². The van der Waals surface area contributed by atoms with Gasteiger partial charge in [0.15, 0.2) is 0 Å². The largest absolute Gasteiger partial charge is 0.442 e. The summed E-state index contributed by atoms with van der Waals surface area (Å²) in [6, 6.07) is 0. The van der Waals surface area contributed by atoms with E-state index in [1.54, 1.807) is 0 Å². The Bertz CT molecular complexity index is 361. The van der Waals surface area contributed by atoms with E-state index in [1.807, 2.05) is 26.8 Å². The first-order valence-electron chi connectivity index (χ1n) is 6.56. The minimum Gasteiger partial charge on any atom is -0.442 e. The number of hydrogen-bond donors (Lipinski definition) is 0. The monoisotopic (exact) mass is 271 g/mol. The highest BCUT2D eigenvalue weighted by molar-refractivity contribution is 5.66. The Kier molecular flexibility index (Phi) is 4.44. The van der Waals surface area contributed by atoms with Crippen molar-refractivity contribution < 1.29 is 24.1 Å². The Morgan fingerprint density at radius 2 is 2.26 bits per heavy atom. The number of rotatable bonds is 0. The number of amides is 1. The summed E-state index contributed by atoms with van der Waals surface area (Å²) in [7, 11) is 0. The molecule has 0 aliphatic carbocycles. The molecule has 1 unspecified atom stereocenters. The number of carbonyl (C=O) groups is 1. The summed E-state index contributed by atoms with van der Waals surface area (Å²) in [5.74, 6) is 0. The second-order valence-electron chi connectivity index (χ2n) is 5.65. The summed E-state index contributed by atoms with van der Waals surface area (Å²) < 4.78 is 5.30. The number of nitrogens with zero attached hydrogens (tertiary/aromatic N) is 1. The van der Waals surface area contributed by atoms with Crippen molar-refractivity contribution in [3.8, 4) is 0 Å². The maximum atomic E-state index is 11.9. The Hall–Kier alpha value is -1.11. The van der Waals surface area contributed by atoms with Crippen molar-refractivity contribution in [1.29, 1.82) is 0 Å². The van der Waals surface area contributed by atoms with Gasteiger partial charge in [0.05, 0.1) is 13.2 Å². The van der Waals surface area contributed by atoms with Gasteiger partial charge >= 0.3 is 6.09 Å². The van der Waals surface area contributed by atoms with Gasteiger partial charge in [-0.3, -0.25) is 4.84 Å². The predicted molar refractivity (Wildman–Crippen MR) is 67.0 cm³/mol. The molecule has 6 heteroatoms. The van der Waals surface area contributed by atoms with Gasteiger partial charge in [0.2, 0.25) is 0 Å². The molecule has 0 spiro atoms. The molecule has 108 valence electrons. The lowest BCUT2D eigenvalue weighted by molar-refractivity contribution is -0.321. The van der Waals surface area contributed by atoms with Gasteiger partial charge in [0.25, 0.3) is 0 Å². The average molecular weight is 271 g/mol. The lowest BCUT2D eigenvalue weighted by atomic mass is 10.0. The minimum atomic E-state index is -0.521. The molecule has 2 aliphatic heterocycles. The summed E-state index contributed by atoms with van der Waals surface area (Å²) in [5, 5.41) is 1.29. The number of ether oxygens (including phenoxy) is 1. The summed E-state index contributed by atoms with van der Waals surface area (Å²) in [6.07, 6.45) is 3.00. The molecular weight excluding hydrogens is 250 g/mol. The van der Waals surface area contributed by atoms with Crippen molar-refractivity contribution in [2.24, 2.45) is 0 Å². The third kappa shape index (κ3) is 4.19. The van der Waals surface area contributed by atoms with E-state index >= 15 is 0 Å². The van der Waals surface area contributed by atoms with Crippen LogP contribution < -0.4 is 0 Å². The second-order valence-corrected chi connectivity index (χ2v) is 5.65. The van der Waals surface area contributed by atoms with Crippen LogP contribution in [0.25, 0.3) is 0 Å². The smallest absolute Gasteiger partial charge is 0.434 e. The molecule has 0 aromatic rings. The molecule has 19 heavy (non-hydrogen) atoms. The van der Waals surface area contributed by atoms with E-state index < -0.39 is 11.7 Å². The van der Waals surface area contributed by atoms with Crippen LogP contribution in [-0.4, -0.2) is 42.6 Å². The average Bonchev–Trinajstić information content (AvgIpc) is 2.27. The fraction of sp³-hybridized carbons (Fsp3) is 0.769. The second kappa shape index (κ2) is 5.90. The third-order valence-electron chi connectivity index (χ3n) is 2.82. The number of hydroxylamine groups is 2. The molecular formula is C13H21NO5. The van der Waals surface area contributed by atoms with Gasteiger partial charge in [-0.1, -0.05) is 6.08 Å². The van der Waals surface area contributed by atoms with Crippen LogP contribution in [0, 0.1) is 0 Å². The summed E-state index contributed by atoms with van der Waals surface area (Å²) in [6.45, 7) is 6.73. The van der Waals surface area contributed by atoms with Gasteiger partial charge in [0.1, 0.15) is 18.3 Å². The van der Waals surface area contributed by atoms with Crippen molar-refractivity contribution in [2.75, 3.05) is 19.8 Å². The highest BCUT2D eigenvalue weighted by Crippen LogP contribution is 2.22.